The normalized spacial score (nSPS) is 10.5. The Hall–Kier alpha value is -1.77. The van der Waals surface area contributed by atoms with Gasteiger partial charge in [-0.25, -0.2) is 0 Å². The van der Waals surface area contributed by atoms with Crippen LogP contribution in [0.4, 0.5) is 0 Å². The molecule has 16 heavy (non-hydrogen) atoms. The molecule has 1 aromatic heterocycles. The second kappa shape index (κ2) is 4.00. The van der Waals surface area contributed by atoms with E-state index in [9.17, 15) is 0 Å². The summed E-state index contributed by atoms with van der Waals surface area (Å²) in [7, 11) is 3.63. The van der Waals surface area contributed by atoms with Crippen LogP contribution in [-0.4, -0.2) is 16.9 Å². The van der Waals surface area contributed by atoms with Crippen molar-refractivity contribution >= 4 is 0 Å². The Labute approximate surface area is 95.7 Å². The minimum absolute atomic E-state index is 0.895. The largest absolute Gasteiger partial charge is 0.496 e. The van der Waals surface area contributed by atoms with E-state index in [1.807, 2.05) is 17.8 Å². The maximum Gasteiger partial charge on any atom is 0.128 e. The molecule has 0 aliphatic heterocycles. The molecule has 0 saturated heterocycles. The number of aromatic nitrogens is 2. The maximum absolute atomic E-state index is 5.42. The molecule has 0 fully saturated rings. The summed E-state index contributed by atoms with van der Waals surface area (Å²) in [6, 6.07) is 6.20. The van der Waals surface area contributed by atoms with Crippen molar-refractivity contribution in [1.29, 1.82) is 0 Å². The van der Waals surface area contributed by atoms with Gasteiger partial charge in [0.25, 0.3) is 0 Å². The third-order valence-corrected chi connectivity index (χ3v) is 2.91. The lowest BCUT2D eigenvalue weighted by Gasteiger charge is -2.11. The van der Waals surface area contributed by atoms with E-state index in [1.54, 1.807) is 13.3 Å². The summed E-state index contributed by atoms with van der Waals surface area (Å²) in [4.78, 5) is 0. The zero-order valence-electron chi connectivity index (χ0n) is 10.1. The van der Waals surface area contributed by atoms with Gasteiger partial charge < -0.3 is 4.74 Å². The van der Waals surface area contributed by atoms with Gasteiger partial charge in [0.05, 0.1) is 12.8 Å². The molecule has 1 heterocycles. The minimum atomic E-state index is 0.895. The number of benzene rings is 1. The highest BCUT2D eigenvalue weighted by molar-refractivity contribution is 5.69. The van der Waals surface area contributed by atoms with E-state index in [0.717, 1.165) is 17.0 Å². The molecule has 0 saturated carbocycles. The van der Waals surface area contributed by atoms with E-state index in [-0.39, 0.29) is 0 Å². The third kappa shape index (κ3) is 1.69. The molecule has 2 rings (SSSR count). The Morgan fingerprint density at radius 3 is 2.44 bits per heavy atom. The quantitative estimate of drug-likeness (QED) is 0.771. The zero-order chi connectivity index (χ0) is 11.7. The highest BCUT2D eigenvalue weighted by atomic mass is 16.5. The molecule has 1 aromatic carbocycles. The van der Waals surface area contributed by atoms with Crippen LogP contribution in [0.3, 0.4) is 0 Å². The highest BCUT2D eigenvalue weighted by Crippen LogP contribution is 2.31. The average molecular weight is 216 g/mol. The van der Waals surface area contributed by atoms with Crippen molar-refractivity contribution in [3.05, 3.63) is 35.5 Å². The summed E-state index contributed by atoms with van der Waals surface area (Å²) in [5, 5.41) is 4.18. The number of hydrogen-bond acceptors (Lipinski definition) is 2. The first-order valence-corrected chi connectivity index (χ1v) is 5.27. The Kier molecular flexibility index (Phi) is 2.69. The SMILES string of the molecule is COc1cc(C)c(C)cc1-c1ccnn1C. The lowest BCUT2D eigenvalue weighted by atomic mass is 10.0. The summed E-state index contributed by atoms with van der Waals surface area (Å²) in [5.74, 6) is 0.895. The molecule has 84 valence electrons. The van der Waals surface area contributed by atoms with Crippen LogP contribution >= 0.6 is 0 Å². The van der Waals surface area contributed by atoms with Crippen LogP contribution < -0.4 is 4.74 Å². The summed E-state index contributed by atoms with van der Waals surface area (Å²) in [6.07, 6.45) is 1.80. The molecule has 0 spiro atoms. The fraction of sp³-hybridized carbons (Fsp3) is 0.308. The second-order valence-electron chi connectivity index (χ2n) is 3.98. The second-order valence-corrected chi connectivity index (χ2v) is 3.98. The van der Waals surface area contributed by atoms with Crippen molar-refractivity contribution in [2.75, 3.05) is 7.11 Å². The van der Waals surface area contributed by atoms with E-state index >= 15 is 0 Å². The first-order chi connectivity index (χ1) is 7.63. The van der Waals surface area contributed by atoms with Crippen molar-refractivity contribution in [2.45, 2.75) is 13.8 Å². The molecule has 0 atom stereocenters. The van der Waals surface area contributed by atoms with Gasteiger partial charge in [-0.3, -0.25) is 4.68 Å². The molecule has 0 N–H and O–H groups in total. The maximum atomic E-state index is 5.42. The zero-order valence-corrected chi connectivity index (χ0v) is 10.1. The molecule has 0 unspecified atom stereocenters. The summed E-state index contributed by atoms with van der Waals surface area (Å²) in [5.41, 5.74) is 4.66. The third-order valence-electron chi connectivity index (χ3n) is 2.91. The number of rotatable bonds is 2. The molecule has 3 nitrogen and oxygen atoms in total. The Morgan fingerprint density at radius 2 is 1.88 bits per heavy atom. The molecule has 0 aliphatic carbocycles. The standard InChI is InChI=1S/C13H16N2O/c1-9-7-11(12-5-6-14-15(12)3)13(16-4)8-10(9)2/h5-8H,1-4H3. The van der Waals surface area contributed by atoms with Gasteiger partial charge in [0, 0.05) is 18.8 Å². The van der Waals surface area contributed by atoms with Crippen LogP contribution in [0.5, 0.6) is 5.75 Å². The van der Waals surface area contributed by atoms with Gasteiger partial charge in [-0.1, -0.05) is 0 Å². The van der Waals surface area contributed by atoms with Crippen LogP contribution in [0.2, 0.25) is 0 Å². The van der Waals surface area contributed by atoms with Gasteiger partial charge in [-0.05, 0) is 43.2 Å². The lowest BCUT2D eigenvalue weighted by Crippen LogP contribution is -1.97. The lowest BCUT2D eigenvalue weighted by molar-refractivity contribution is 0.415. The van der Waals surface area contributed by atoms with Crippen molar-refractivity contribution in [1.82, 2.24) is 9.78 Å². The predicted octanol–water partition coefficient (Wildman–Crippen LogP) is 2.71. The highest BCUT2D eigenvalue weighted by Gasteiger charge is 2.10. The van der Waals surface area contributed by atoms with Gasteiger partial charge >= 0.3 is 0 Å². The monoisotopic (exact) mass is 216 g/mol. The summed E-state index contributed by atoms with van der Waals surface area (Å²) < 4.78 is 7.27. The van der Waals surface area contributed by atoms with Gasteiger partial charge in [0.1, 0.15) is 5.75 Å². The minimum Gasteiger partial charge on any atom is -0.496 e. The van der Waals surface area contributed by atoms with Crippen LogP contribution in [0, 0.1) is 13.8 Å². The Morgan fingerprint density at radius 1 is 1.19 bits per heavy atom. The fourth-order valence-corrected chi connectivity index (χ4v) is 1.80. The smallest absolute Gasteiger partial charge is 0.128 e. The van der Waals surface area contributed by atoms with Crippen LogP contribution in [0.15, 0.2) is 24.4 Å². The molecule has 0 bridgehead atoms. The molecule has 2 aromatic rings. The van der Waals surface area contributed by atoms with Gasteiger partial charge in [-0.15, -0.1) is 0 Å². The first kappa shape index (κ1) is 10.7. The topological polar surface area (TPSA) is 27.1 Å². The Balaban J connectivity index is 2.64. The van der Waals surface area contributed by atoms with E-state index in [1.165, 1.54) is 11.1 Å². The van der Waals surface area contributed by atoms with E-state index in [2.05, 4.69) is 31.1 Å². The van der Waals surface area contributed by atoms with Crippen molar-refractivity contribution in [3.63, 3.8) is 0 Å². The number of aryl methyl sites for hydroxylation is 3. The van der Waals surface area contributed by atoms with Crippen molar-refractivity contribution in [3.8, 4) is 17.0 Å². The Bertz CT molecular complexity index is 515. The van der Waals surface area contributed by atoms with Gasteiger partial charge in [-0.2, -0.15) is 5.10 Å². The number of methoxy groups -OCH3 is 1. The predicted molar refractivity (Wildman–Crippen MR) is 64.7 cm³/mol. The van der Waals surface area contributed by atoms with Crippen LogP contribution in [0.25, 0.3) is 11.3 Å². The van der Waals surface area contributed by atoms with E-state index in [4.69, 9.17) is 4.74 Å². The fourth-order valence-electron chi connectivity index (χ4n) is 1.80. The van der Waals surface area contributed by atoms with E-state index in [0.29, 0.717) is 0 Å². The summed E-state index contributed by atoms with van der Waals surface area (Å²) >= 11 is 0. The molecule has 0 aliphatic rings. The molecular formula is C13H16N2O. The van der Waals surface area contributed by atoms with E-state index < -0.39 is 0 Å². The molecule has 0 radical (unpaired) electrons. The number of hydrogen-bond donors (Lipinski definition) is 0. The van der Waals surface area contributed by atoms with Gasteiger partial charge in [0.15, 0.2) is 0 Å². The number of nitrogens with zero attached hydrogens (tertiary/aromatic N) is 2. The summed E-state index contributed by atoms with van der Waals surface area (Å²) in [6.45, 7) is 4.19. The van der Waals surface area contributed by atoms with Crippen molar-refractivity contribution < 1.29 is 4.74 Å². The number of ether oxygens (including phenoxy) is 1. The van der Waals surface area contributed by atoms with Crippen molar-refractivity contribution in [2.24, 2.45) is 7.05 Å². The molecule has 0 amide bonds. The van der Waals surface area contributed by atoms with Crippen LogP contribution in [-0.2, 0) is 7.05 Å². The van der Waals surface area contributed by atoms with Crippen LogP contribution in [0.1, 0.15) is 11.1 Å². The first-order valence-electron chi connectivity index (χ1n) is 5.27. The van der Waals surface area contributed by atoms with Gasteiger partial charge in [0.2, 0.25) is 0 Å². The molecular weight excluding hydrogens is 200 g/mol. The average Bonchev–Trinajstić information content (AvgIpc) is 2.68. The molecule has 3 heteroatoms.